The van der Waals surface area contributed by atoms with Crippen LogP contribution in [0.3, 0.4) is 0 Å². The van der Waals surface area contributed by atoms with Crippen LogP contribution in [0.15, 0.2) is 59.7 Å². The first kappa shape index (κ1) is 23.8. The van der Waals surface area contributed by atoms with Crippen LogP contribution in [-0.2, 0) is 13.1 Å². The Hall–Kier alpha value is -4.38. The Morgan fingerprint density at radius 3 is 2.54 bits per heavy atom. The van der Waals surface area contributed by atoms with Crippen LogP contribution in [-0.4, -0.2) is 37.1 Å². The van der Waals surface area contributed by atoms with Gasteiger partial charge in [-0.15, -0.1) is 0 Å². The van der Waals surface area contributed by atoms with Crippen molar-refractivity contribution in [3.05, 3.63) is 88.1 Å². The number of aryl methyl sites for hydroxylation is 1. The predicted octanol–water partition coefficient (Wildman–Crippen LogP) is 2.47. The van der Waals surface area contributed by atoms with Gasteiger partial charge in [0.2, 0.25) is 0 Å². The molecule has 0 fully saturated rings. The number of carbonyl (C=O) groups excluding carboxylic acids is 1. The molecule has 4 aromatic rings. The van der Waals surface area contributed by atoms with Gasteiger partial charge in [0.15, 0.2) is 11.5 Å². The van der Waals surface area contributed by atoms with Crippen molar-refractivity contribution >= 4 is 11.7 Å². The van der Waals surface area contributed by atoms with Crippen molar-refractivity contribution in [2.24, 2.45) is 0 Å². The first-order valence-corrected chi connectivity index (χ1v) is 10.7. The minimum absolute atomic E-state index is 0.0843. The third kappa shape index (κ3) is 5.09. The van der Waals surface area contributed by atoms with E-state index in [2.05, 4.69) is 20.3 Å². The summed E-state index contributed by atoms with van der Waals surface area (Å²) in [6, 6.07) is 9.80. The van der Waals surface area contributed by atoms with Crippen LogP contribution in [0.25, 0.3) is 22.6 Å². The first-order chi connectivity index (χ1) is 16.9. The van der Waals surface area contributed by atoms with Gasteiger partial charge in [0.25, 0.3) is 11.5 Å². The van der Waals surface area contributed by atoms with Gasteiger partial charge in [-0.2, -0.15) is 0 Å². The molecular weight excluding hydrogens is 458 g/mol. The molecule has 5 N–H and O–H groups in total. The molecule has 1 aromatic carbocycles. The van der Waals surface area contributed by atoms with Gasteiger partial charge in [-0.05, 0) is 36.8 Å². The minimum Gasteiger partial charge on any atom is -0.396 e. The lowest BCUT2D eigenvalue weighted by Gasteiger charge is -2.14. The number of aromatic nitrogens is 4. The number of pyridine rings is 1. The summed E-state index contributed by atoms with van der Waals surface area (Å²) >= 11 is 0. The number of rotatable bonds is 8. The van der Waals surface area contributed by atoms with Gasteiger partial charge in [-0.3, -0.25) is 9.59 Å². The molecule has 0 radical (unpaired) electrons. The van der Waals surface area contributed by atoms with Crippen LogP contribution in [0.4, 0.5) is 14.6 Å². The third-order valence-electron chi connectivity index (χ3n) is 5.29. The van der Waals surface area contributed by atoms with Crippen LogP contribution in [0.1, 0.15) is 22.5 Å². The molecule has 0 saturated heterocycles. The summed E-state index contributed by atoms with van der Waals surface area (Å²) < 4.78 is 29.3. The number of halogens is 2. The minimum atomic E-state index is -0.794. The standard InChI is InChI=1S/C24H22F2N6O3/c25-16-4-1-5-17(26)15(16)12-29-24(35)22-23(27)31-21(18-6-2-9-28-18)20(30-22)14-7-8-19(34)32(13-14)10-3-11-33/h1-2,4-9,13,28,33H,3,10-12H2,(H2,27,31)(H,29,35). The van der Waals surface area contributed by atoms with Crippen molar-refractivity contribution in [1.29, 1.82) is 0 Å². The number of anilines is 1. The first-order valence-electron chi connectivity index (χ1n) is 10.7. The van der Waals surface area contributed by atoms with Crippen LogP contribution >= 0.6 is 0 Å². The van der Waals surface area contributed by atoms with Crippen LogP contribution in [0.2, 0.25) is 0 Å². The monoisotopic (exact) mass is 480 g/mol. The second-order valence-electron chi connectivity index (χ2n) is 7.65. The van der Waals surface area contributed by atoms with Crippen molar-refractivity contribution < 1.29 is 18.7 Å². The number of benzene rings is 1. The molecule has 4 rings (SSSR count). The molecule has 35 heavy (non-hydrogen) atoms. The number of nitrogens with one attached hydrogen (secondary N) is 2. The number of nitrogens with zero attached hydrogens (tertiary/aromatic N) is 3. The summed E-state index contributed by atoms with van der Waals surface area (Å²) in [5.41, 5.74) is 6.91. The molecule has 3 aromatic heterocycles. The average Bonchev–Trinajstić information content (AvgIpc) is 3.38. The zero-order chi connectivity index (χ0) is 24.9. The molecule has 0 aliphatic carbocycles. The Balaban J connectivity index is 1.75. The molecule has 11 heteroatoms. The number of carbonyl (C=O) groups is 1. The van der Waals surface area contributed by atoms with E-state index >= 15 is 0 Å². The summed E-state index contributed by atoms with van der Waals surface area (Å²) in [5, 5.41) is 11.5. The van der Waals surface area contributed by atoms with E-state index < -0.39 is 24.1 Å². The molecule has 0 bridgehead atoms. The van der Waals surface area contributed by atoms with Crippen molar-refractivity contribution in [2.45, 2.75) is 19.5 Å². The highest BCUT2D eigenvalue weighted by molar-refractivity contribution is 5.97. The van der Waals surface area contributed by atoms with Gasteiger partial charge in [-0.1, -0.05) is 6.07 Å². The van der Waals surface area contributed by atoms with Gasteiger partial charge < -0.3 is 25.7 Å². The summed E-state index contributed by atoms with van der Waals surface area (Å²) in [5.74, 6) is -2.54. The Morgan fingerprint density at radius 1 is 1.09 bits per heavy atom. The lowest BCUT2D eigenvalue weighted by molar-refractivity contribution is 0.0946. The second kappa shape index (κ2) is 10.3. The SMILES string of the molecule is Nc1nc(-c2ccc[nH]2)c(-c2ccc(=O)n(CCCO)c2)nc1C(=O)NCc1c(F)cccc1F. The van der Waals surface area contributed by atoms with Crippen molar-refractivity contribution in [2.75, 3.05) is 12.3 Å². The number of aliphatic hydroxyl groups is 1. The van der Waals surface area contributed by atoms with Crippen LogP contribution in [0.5, 0.6) is 0 Å². The van der Waals surface area contributed by atoms with E-state index in [1.165, 1.54) is 16.7 Å². The highest BCUT2D eigenvalue weighted by Crippen LogP contribution is 2.29. The molecule has 0 unspecified atom stereocenters. The summed E-state index contributed by atoms with van der Waals surface area (Å²) in [7, 11) is 0. The Bertz CT molecular complexity index is 1400. The molecule has 0 aliphatic rings. The van der Waals surface area contributed by atoms with E-state index in [-0.39, 0.29) is 41.5 Å². The Kier molecular flexibility index (Phi) is 6.97. The molecule has 0 atom stereocenters. The molecular formula is C24H22F2N6O3. The zero-order valence-electron chi connectivity index (χ0n) is 18.5. The molecule has 0 aliphatic heterocycles. The highest BCUT2D eigenvalue weighted by Gasteiger charge is 2.21. The fraction of sp³-hybridized carbons (Fsp3) is 0.167. The fourth-order valence-electron chi connectivity index (χ4n) is 3.52. The smallest absolute Gasteiger partial charge is 0.274 e. The lowest BCUT2D eigenvalue weighted by atomic mass is 10.1. The Labute approximate surface area is 198 Å². The quantitative estimate of drug-likeness (QED) is 0.306. The van der Waals surface area contributed by atoms with Gasteiger partial charge in [0, 0.05) is 49.3 Å². The summed E-state index contributed by atoms with van der Waals surface area (Å²) in [4.78, 5) is 36.9. The fourth-order valence-corrected chi connectivity index (χ4v) is 3.52. The number of aliphatic hydroxyl groups excluding tert-OH is 1. The van der Waals surface area contributed by atoms with E-state index in [9.17, 15) is 18.4 Å². The van der Waals surface area contributed by atoms with Gasteiger partial charge in [0.1, 0.15) is 23.0 Å². The van der Waals surface area contributed by atoms with E-state index in [0.29, 0.717) is 23.4 Å². The highest BCUT2D eigenvalue weighted by atomic mass is 19.1. The maximum Gasteiger partial charge on any atom is 0.274 e. The van der Waals surface area contributed by atoms with Gasteiger partial charge in [0.05, 0.1) is 5.69 Å². The predicted molar refractivity (Wildman–Crippen MR) is 125 cm³/mol. The summed E-state index contributed by atoms with van der Waals surface area (Å²) in [6.45, 7) is -0.220. The van der Waals surface area contributed by atoms with Crippen molar-refractivity contribution in [1.82, 2.24) is 24.8 Å². The van der Waals surface area contributed by atoms with E-state index in [4.69, 9.17) is 10.8 Å². The largest absolute Gasteiger partial charge is 0.396 e. The molecule has 0 spiro atoms. The number of nitrogens with two attached hydrogens (primary N) is 1. The molecule has 0 saturated carbocycles. The second-order valence-corrected chi connectivity index (χ2v) is 7.65. The van der Waals surface area contributed by atoms with Crippen LogP contribution in [0, 0.1) is 11.6 Å². The Morgan fingerprint density at radius 2 is 1.86 bits per heavy atom. The average molecular weight is 480 g/mol. The lowest BCUT2D eigenvalue weighted by Crippen LogP contribution is -2.27. The van der Waals surface area contributed by atoms with E-state index in [0.717, 1.165) is 12.1 Å². The third-order valence-corrected chi connectivity index (χ3v) is 5.29. The molecule has 3 heterocycles. The summed E-state index contributed by atoms with van der Waals surface area (Å²) in [6.07, 6.45) is 3.62. The zero-order valence-corrected chi connectivity index (χ0v) is 18.5. The molecule has 9 nitrogen and oxygen atoms in total. The molecule has 1 amide bonds. The number of nitrogen functional groups attached to an aromatic ring is 1. The number of H-pyrrole nitrogens is 1. The number of aromatic amines is 1. The number of amides is 1. The topological polar surface area (TPSA) is 139 Å². The van der Waals surface area contributed by atoms with Crippen molar-refractivity contribution in [3.63, 3.8) is 0 Å². The number of hydrogen-bond acceptors (Lipinski definition) is 6. The van der Waals surface area contributed by atoms with E-state index in [1.807, 2.05) is 0 Å². The maximum atomic E-state index is 13.9. The van der Waals surface area contributed by atoms with Gasteiger partial charge >= 0.3 is 0 Å². The normalized spacial score (nSPS) is 10.9. The maximum absolute atomic E-state index is 13.9. The van der Waals surface area contributed by atoms with Crippen LogP contribution < -0.4 is 16.6 Å². The molecule has 180 valence electrons. The van der Waals surface area contributed by atoms with Gasteiger partial charge in [-0.25, -0.2) is 18.7 Å². The van der Waals surface area contributed by atoms with Crippen molar-refractivity contribution in [3.8, 4) is 22.6 Å². The van der Waals surface area contributed by atoms with E-state index in [1.54, 1.807) is 30.6 Å². The number of hydrogen-bond donors (Lipinski definition) is 4.